The predicted octanol–water partition coefficient (Wildman–Crippen LogP) is 1.07. The van der Waals surface area contributed by atoms with E-state index in [4.69, 9.17) is 5.73 Å². The summed E-state index contributed by atoms with van der Waals surface area (Å²) in [4.78, 5) is 22.1. The van der Waals surface area contributed by atoms with Gasteiger partial charge in [0.1, 0.15) is 0 Å². The highest BCUT2D eigenvalue weighted by Crippen LogP contribution is 2.26. The third-order valence-electron chi connectivity index (χ3n) is 2.28. The van der Waals surface area contributed by atoms with Gasteiger partial charge in [-0.05, 0) is 31.5 Å². The normalized spacial score (nSPS) is 11.0. The molecule has 5 heteroatoms. The summed E-state index contributed by atoms with van der Waals surface area (Å²) in [6.07, 6.45) is 0. The van der Waals surface area contributed by atoms with Crippen LogP contribution in [0.1, 0.15) is 29.8 Å². The number of hydrogen-bond donors (Lipinski definition) is 3. The van der Waals surface area contributed by atoms with Gasteiger partial charge in [-0.1, -0.05) is 12.1 Å². The van der Waals surface area contributed by atoms with Crippen molar-refractivity contribution in [2.24, 2.45) is 5.73 Å². The van der Waals surface area contributed by atoms with Gasteiger partial charge in [0, 0.05) is 10.3 Å². The highest BCUT2D eigenvalue weighted by molar-refractivity contribution is 7.81. The maximum Gasteiger partial charge on any atom is 0.251 e. The average Bonchev–Trinajstić information content (AvgIpc) is 2.25. The standard InChI is InChI=1S/C12H16N2O2S/c1-12(2,17)9-5-3-8(4-6-9)11(16)14-7-10(13)15/h3-6,17H,7H2,1-2H3,(H2,13,15)(H,14,16). The Morgan fingerprint density at radius 1 is 1.29 bits per heavy atom. The van der Waals surface area contributed by atoms with Crippen LogP contribution in [-0.2, 0) is 9.54 Å². The molecule has 17 heavy (non-hydrogen) atoms. The van der Waals surface area contributed by atoms with Crippen molar-refractivity contribution in [2.45, 2.75) is 18.6 Å². The summed E-state index contributed by atoms with van der Waals surface area (Å²) in [6.45, 7) is 3.79. The van der Waals surface area contributed by atoms with Crippen LogP contribution in [0, 0.1) is 0 Å². The van der Waals surface area contributed by atoms with Gasteiger partial charge >= 0.3 is 0 Å². The Morgan fingerprint density at radius 3 is 2.24 bits per heavy atom. The Labute approximate surface area is 106 Å². The number of rotatable bonds is 4. The molecule has 3 N–H and O–H groups in total. The van der Waals surface area contributed by atoms with Gasteiger partial charge in [-0.2, -0.15) is 12.6 Å². The fourth-order valence-corrected chi connectivity index (χ4v) is 1.45. The first-order valence-corrected chi connectivity index (χ1v) is 5.65. The molecule has 1 aromatic carbocycles. The minimum atomic E-state index is -0.563. The smallest absolute Gasteiger partial charge is 0.251 e. The molecule has 0 aromatic heterocycles. The third-order valence-corrected chi connectivity index (χ3v) is 2.53. The molecule has 0 fully saturated rings. The second-order valence-corrected chi connectivity index (χ2v) is 5.40. The van der Waals surface area contributed by atoms with E-state index in [0.717, 1.165) is 5.56 Å². The van der Waals surface area contributed by atoms with Gasteiger partial charge in [0.25, 0.3) is 5.91 Å². The lowest BCUT2D eigenvalue weighted by Crippen LogP contribution is -2.33. The minimum absolute atomic E-state index is 0.154. The zero-order chi connectivity index (χ0) is 13.1. The molecule has 0 radical (unpaired) electrons. The van der Waals surface area contributed by atoms with Crippen molar-refractivity contribution in [2.75, 3.05) is 6.54 Å². The van der Waals surface area contributed by atoms with Gasteiger partial charge in [0.05, 0.1) is 6.54 Å². The van der Waals surface area contributed by atoms with E-state index in [2.05, 4.69) is 17.9 Å². The highest BCUT2D eigenvalue weighted by Gasteiger charge is 2.15. The lowest BCUT2D eigenvalue weighted by atomic mass is 10.0. The van der Waals surface area contributed by atoms with Gasteiger partial charge in [-0.25, -0.2) is 0 Å². The zero-order valence-electron chi connectivity index (χ0n) is 9.86. The van der Waals surface area contributed by atoms with Gasteiger partial charge < -0.3 is 11.1 Å². The fraction of sp³-hybridized carbons (Fsp3) is 0.333. The van der Waals surface area contributed by atoms with E-state index in [-0.39, 0.29) is 17.2 Å². The Bertz CT molecular complexity index is 421. The molecule has 0 unspecified atom stereocenters. The van der Waals surface area contributed by atoms with Crippen LogP contribution in [0.15, 0.2) is 24.3 Å². The minimum Gasteiger partial charge on any atom is -0.368 e. The number of thiol groups is 1. The Kier molecular flexibility index (Phi) is 4.17. The van der Waals surface area contributed by atoms with Crippen molar-refractivity contribution in [1.29, 1.82) is 0 Å². The fourth-order valence-electron chi connectivity index (χ4n) is 1.30. The van der Waals surface area contributed by atoms with Gasteiger partial charge in [-0.3, -0.25) is 9.59 Å². The van der Waals surface area contributed by atoms with Crippen molar-refractivity contribution in [3.63, 3.8) is 0 Å². The summed E-state index contributed by atoms with van der Waals surface area (Å²) in [5.41, 5.74) is 6.45. The van der Waals surface area contributed by atoms with Crippen molar-refractivity contribution < 1.29 is 9.59 Å². The van der Waals surface area contributed by atoms with Crippen LogP contribution in [-0.4, -0.2) is 18.4 Å². The molecule has 92 valence electrons. The van der Waals surface area contributed by atoms with Crippen LogP contribution in [0.3, 0.4) is 0 Å². The van der Waals surface area contributed by atoms with Crippen molar-refractivity contribution >= 4 is 24.4 Å². The Morgan fingerprint density at radius 2 is 1.82 bits per heavy atom. The highest BCUT2D eigenvalue weighted by atomic mass is 32.1. The van der Waals surface area contributed by atoms with E-state index in [9.17, 15) is 9.59 Å². The summed E-state index contributed by atoms with van der Waals surface area (Å²) in [7, 11) is 0. The third kappa shape index (κ3) is 4.11. The molecule has 0 bridgehead atoms. The number of benzene rings is 1. The molecule has 0 saturated carbocycles. The number of amides is 2. The van der Waals surface area contributed by atoms with Gasteiger partial charge in [0.15, 0.2) is 0 Å². The number of hydrogen-bond acceptors (Lipinski definition) is 3. The summed E-state index contributed by atoms with van der Waals surface area (Å²) >= 11 is 4.44. The molecule has 0 atom stereocenters. The topological polar surface area (TPSA) is 72.2 Å². The largest absolute Gasteiger partial charge is 0.368 e. The van der Waals surface area contributed by atoms with Crippen LogP contribution in [0.4, 0.5) is 0 Å². The predicted molar refractivity (Wildman–Crippen MR) is 70.0 cm³/mol. The van der Waals surface area contributed by atoms with Crippen molar-refractivity contribution in [3.8, 4) is 0 Å². The van der Waals surface area contributed by atoms with E-state index in [1.807, 2.05) is 26.0 Å². The molecule has 4 nitrogen and oxygen atoms in total. The van der Waals surface area contributed by atoms with E-state index < -0.39 is 5.91 Å². The number of nitrogens with two attached hydrogens (primary N) is 1. The average molecular weight is 252 g/mol. The molecular formula is C12H16N2O2S. The lowest BCUT2D eigenvalue weighted by molar-refractivity contribution is -0.117. The van der Waals surface area contributed by atoms with Gasteiger partial charge in [-0.15, -0.1) is 0 Å². The van der Waals surface area contributed by atoms with E-state index >= 15 is 0 Å². The first kappa shape index (κ1) is 13.6. The van der Waals surface area contributed by atoms with Crippen LogP contribution in [0.25, 0.3) is 0 Å². The summed E-state index contributed by atoms with van der Waals surface area (Å²) in [5.74, 6) is -0.876. The van der Waals surface area contributed by atoms with Crippen LogP contribution < -0.4 is 11.1 Å². The molecular weight excluding hydrogens is 236 g/mol. The van der Waals surface area contributed by atoms with E-state index in [1.54, 1.807) is 12.1 Å². The molecule has 1 rings (SSSR count). The van der Waals surface area contributed by atoms with E-state index in [0.29, 0.717) is 5.56 Å². The maximum absolute atomic E-state index is 11.6. The molecule has 0 aliphatic heterocycles. The molecule has 0 heterocycles. The maximum atomic E-state index is 11.6. The monoisotopic (exact) mass is 252 g/mol. The number of carbonyl (C=O) groups excluding carboxylic acids is 2. The van der Waals surface area contributed by atoms with Crippen LogP contribution in [0.5, 0.6) is 0 Å². The Hall–Kier alpha value is -1.49. The van der Waals surface area contributed by atoms with Crippen LogP contribution in [0.2, 0.25) is 0 Å². The van der Waals surface area contributed by atoms with Gasteiger partial charge in [0.2, 0.25) is 5.91 Å². The molecule has 0 spiro atoms. The molecule has 1 aromatic rings. The summed E-state index contributed by atoms with van der Waals surface area (Å²) in [5, 5.41) is 2.42. The number of nitrogens with one attached hydrogen (secondary N) is 1. The molecule has 2 amide bonds. The zero-order valence-corrected chi connectivity index (χ0v) is 10.8. The first-order chi connectivity index (χ1) is 7.80. The Balaban J connectivity index is 2.74. The van der Waals surface area contributed by atoms with Crippen molar-refractivity contribution in [1.82, 2.24) is 5.32 Å². The van der Waals surface area contributed by atoms with Crippen molar-refractivity contribution in [3.05, 3.63) is 35.4 Å². The summed E-state index contributed by atoms with van der Waals surface area (Å²) in [6, 6.07) is 7.08. The molecule has 0 saturated heterocycles. The number of carbonyl (C=O) groups is 2. The van der Waals surface area contributed by atoms with E-state index in [1.165, 1.54) is 0 Å². The summed E-state index contributed by atoms with van der Waals surface area (Å²) < 4.78 is -0.248. The SMILES string of the molecule is CC(C)(S)c1ccc(C(=O)NCC(N)=O)cc1. The molecule has 0 aliphatic carbocycles. The van der Waals surface area contributed by atoms with Crippen LogP contribution >= 0.6 is 12.6 Å². The number of primary amides is 1. The molecule has 0 aliphatic rings. The second kappa shape index (κ2) is 5.23. The second-order valence-electron chi connectivity index (χ2n) is 4.29. The first-order valence-electron chi connectivity index (χ1n) is 5.20. The lowest BCUT2D eigenvalue weighted by Gasteiger charge is -2.17. The quantitative estimate of drug-likeness (QED) is 0.701.